The van der Waals surface area contributed by atoms with Gasteiger partial charge in [-0.2, -0.15) is 4.98 Å². The van der Waals surface area contributed by atoms with Gasteiger partial charge in [0, 0.05) is 19.4 Å². The van der Waals surface area contributed by atoms with Crippen molar-refractivity contribution in [3.05, 3.63) is 76.9 Å². The van der Waals surface area contributed by atoms with Gasteiger partial charge in [-0.1, -0.05) is 52.7 Å². The fourth-order valence-corrected chi connectivity index (χ4v) is 4.03. The summed E-state index contributed by atoms with van der Waals surface area (Å²) in [5, 5.41) is 6.60. The average molecular weight is 428 g/mol. The number of benzene rings is 2. The predicted octanol–water partition coefficient (Wildman–Crippen LogP) is 2.95. The second kappa shape index (κ2) is 9.67. The molecule has 1 heterocycles. The SMILES string of the molecule is Cc1ccc(CCNC(=O)CCc2nc(CS(=O)(=O)c3ccc(C)cc3)no2)cc1. The summed E-state index contributed by atoms with van der Waals surface area (Å²) in [5.74, 6) is -0.125. The summed E-state index contributed by atoms with van der Waals surface area (Å²) >= 11 is 0. The van der Waals surface area contributed by atoms with Crippen molar-refractivity contribution < 1.29 is 17.7 Å². The van der Waals surface area contributed by atoms with Gasteiger partial charge < -0.3 is 9.84 Å². The molecule has 3 rings (SSSR count). The third-order valence-corrected chi connectivity index (χ3v) is 6.26. The van der Waals surface area contributed by atoms with Crippen LogP contribution < -0.4 is 5.32 Å². The van der Waals surface area contributed by atoms with Gasteiger partial charge in [0.25, 0.3) is 0 Å². The first-order valence-corrected chi connectivity index (χ1v) is 11.4. The number of hydrogen-bond acceptors (Lipinski definition) is 6. The van der Waals surface area contributed by atoms with E-state index < -0.39 is 9.84 Å². The minimum absolute atomic E-state index is 0.0883. The number of carbonyl (C=O) groups is 1. The van der Waals surface area contributed by atoms with Crippen molar-refractivity contribution in [1.29, 1.82) is 0 Å². The highest BCUT2D eigenvalue weighted by atomic mass is 32.2. The number of amides is 1. The number of nitrogens with one attached hydrogen (secondary N) is 1. The highest BCUT2D eigenvalue weighted by Crippen LogP contribution is 2.16. The number of carbonyl (C=O) groups excluding carboxylic acids is 1. The molecule has 1 amide bonds. The lowest BCUT2D eigenvalue weighted by molar-refractivity contribution is -0.121. The average Bonchev–Trinajstić information content (AvgIpc) is 3.15. The smallest absolute Gasteiger partial charge is 0.227 e. The Labute approximate surface area is 176 Å². The molecule has 0 aliphatic rings. The number of nitrogens with zero attached hydrogens (tertiary/aromatic N) is 2. The van der Waals surface area contributed by atoms with E-state index in [2.05, 4.69) is 15.5 Å². The molecular weight excluding hydrogens is 402 g/mol. The Kier molecular flexibility index (Phi) is 6.99. The van der Waals surface area contributed by atoms with Gasteiger partial charge in [-0.25, -0.2) is 8.42 Å². The van der Waals surface area contributed by atoms with Crippen molar-refractivity contribution in [1.82, 2.24) is 15.5 Å². The quantitative estimate of drug-likeness (QED) is 0.563. The molecule has 0 bridgehead atoms. The Hall–Kier alpha value is -3.00. The van der Waals surface area contributed by atoms with Crippen molar-refractivity contribution >= 4 is 15.7 Å². The minimum atomic E-state index is -3.55. The molecule has 3 aromatic rings. The van der Waals surface area contributed by atoms with Crippen LogP contribution in [-0.2, 0) is 33.2 Å². The number of hydrogen-bond donors (Lipinski definition) is 1. The third-order valence-electron chi connectivity index (χ3n) is 4.63. The van der Waals surface area contributed by atoms with Crippen LogP contribution in [0.1, 0.15) is 34.8 Å². The Morgan fingerprint density at radius 3 is 2.27 bits per heavy atom. The zero-order valence-corrected chi connectivity index (χ0v) is 17.9. The van der Waals surface area contributed by atoms with Crippen LogP contribution in [-0.4, -0.2) is 31.0 Å². The van der Waals surface area contributed by atoms with Gasteiger partial charge in [-0.3, -0.25) is 4.79 Å². The number of aryl methyl sites for hydroxylation is 3. The summed E-state index contributed by atoms with van der Waals surface area (Å²) in [7, 11) is -3.55. The van der Waals surface area contributed by atoms with Crippen LogP contribution in [0.5, 0.6) is 0 Å². The van der Waals surface area contributed by atoms with Crippen LogP contribution in [0.25, 0.3) is 0 Å². The van der Waals surface area contributed by atoms with E-state index >= 15 is 0 Å². The van der Waals surface area contributed by atoms with E-state index in [0.29, 0.717) is 6.54 Å². The summed E-state index contributed by atoms with van der Waals surface area (Å²) in [4.78, 5) is 16.3. The predicted molar refractivity (Wildman–Crippen MR) is 113 cm³/mol. The summed E-state index contributed by atoms with van der Waals surface area (Å²) in [6, 6.07) is 14.8. The molecule has 0 radical (unpaired) electrons. The molecule has 0 unspecified atom stereocenters. The van der Waals surface area contributed by atoms with Gasteiger partial charge in [0.15, 0.2) is 15.7 Å². The third kappa shape index (κ3) is 6.25. The first-order valence-electron chi connectivity index (χ1n) is 9.75. The summed E-state index contributed by atoms with van der Waals surface area (Å²) < 4.78 is 30.0. The van der Waals surface area contributed by atoms with Crippen LogP contribution in [0.15, 0.2) is 57.9 Å². The standard InChI is InChI=1S/C22H25N3O4S/c1-16-3-7-18(8-4-16)13-14-23-21(26)11-12-22-24-20(25-29-22)15-30(27,28)19-9-5-17(2)6-10-19/h3-10H,11-15H2,1-2H3,(H,23,26). The minimum Gasteiger partial charge on any atom is -0.356 e. The van der Waals surface area contributed by atoms with Gasteiger partial charge in [0.2, 0.25) is 11.8 Å². The van der Waals surface area contributed by atoms with Gasteiger partial charge in [-0.05, 0) is 38.0 Å². The van der Waals surface area contributed by atoms with Crippen LogP contribution >= 0.6 is 0 Å². The van der Waals surface area contributed by atoms with Crippen LogP contribution in [0.3, 0.4) is 0 Å². The van der Waals surface area contributed by atoms with Crippen LogP contribution in [0, 0.1) is 13.8 Å². The maximum Gasteiger partial charge on any atom is 0.227 e. The van der Waals surface area contributed by atoms with E-state index in [-0.39, 0.29) is 41.1 Å². The maximum absolute atomic E-state index is 12.5. The Bertz CT molecular complexity index is 1090. The normalized spacial score (nSPS) is 11.4. The van der Waals surface area contributed by atoms with Gasteiger partial charge in [-0.15, -0.1) is 0 Å². The fourth-order valence-electron chi connectivity index (χ4n) is 2.86. The molecule has 0 aliphatic heterocycles. The topological polar surface area (TPSA) is 102 Å². The van der Waals surface area contributed by atoms with E-state index in [1.54, 1.807) is 24.3 Å². The van der Waals surface area contributed by atoms with E-state index in [0.717, 1.165) is 17.5 Å². The Morgan fingerprint density at radius 1 is 0.967 bits per heavy atom. The number of sulfone groups is 1. The highest BCUT2D eigenvalue weighted by molar-refractivity contribution is 7.90. The summed E-state index contributed by atoms with van der Waals surface area (Å²) in [6.07, 6.45) is 1.21. The molecule has 30 heavy (non-hydrogen) atoms. The van der Waals surface area contributed by atoms with Crippen molar-refractivity contribution in [2.24, 2.45) is 0 Å². The van der Waals surface area contributed by atoms with E-state index in [1.807, 2.05) is 38.1 Å². The van der Waals surface area contributed by atoms with Gasteiger partial charge in [0.05, 0.1) is 4.90 Å². The molecule has 0 fully saturated rings. The molecule has 0 spiro atoms. The van der Waals surface area contributed by atoms with Gasteiger partial charge >= 0.3 is 0 Å². The molecule has 158 valence electrons. The summed E-state index contributed by atoms with van der Waals surface area (Å²) in [5.41, 5.74) is 3.35. The van der Waals surface area contributed by atoms with Crippen molar-refractivity contribution in [2.75, 3.05) is 6.54 Å². The number of aromatic nitrogens is 2. The lowest BCUT2D eigenvalue weighted by atomic mass is 10.1. The first kappa shape index (κ1) is 21.7. The molecule has 1 N–H and O–H groups in total. The lowest BCUT2D eigenvalue weighted by Crippen LogP contribution is -2.25. The highest BCUT2D eigenvalue weighted by Gasteiger charge is 2.19. The second-order valence-corrected chi connectivity index (χ2v) is 9.25. The van der Waals surface area contributed by atoms with E-state index in [1.165, 1.54) is 5.56 Å². The molecule has 0 atom stereocenters. The Morgan fingerprint density at radius 2 is 1.60 bits per heavy atom. The Balaban J connectivity index is 1.45. The lowest BCUT2D eigenvalue weighted by Gasteiger charge is -2.05. The van der Waals surface area contributed by atoms with Crippen molar-refractivity contribution in [3.63, 3.8) is 0 Å². The van der Waals surface area contributed by atoms with Crippen LogP contribution in [0.4, 0.5) is 0 Å². The first-order chi connectivity index (χ1) is 14.3. The number of rotatable bonds is 9. The zero-order valence-electron chi connectivity index (χ0n) is 17.1. The largest absolute Gasteiger partial charge is 0.356 e. The van der Waals surface area contributed by atoms with Gasteiger partial charge in [0.1, 0.15) is 5.75 Å². The van der Waals surface area contributed by atoms with Crippen molar-refractivity contribution in [3.8, 4) is 0 Å². The molecule has 1 aromatic heterocycles. The second-order valence-electron chi connectivity index (χ2n) is 7.26. The van der Waals surface area contributed by atoms with Crippen LogP contribution in [0.2, 0.25) is 0 Å². The molecule has 0 aliphatic carbocycles. The molecule has 0 saturated heterocycles. The maximum atomic E-state index is 12.5. The summed E-state index contributed by atoms with van der Waals surface area (Å²) in [6.45, 7) is 4.47. The zero-order chi connectivity index (χ0) is 21.6. The van der Waals surface area contributed by atoms with Crippen molar-refractivity contribution in [2.45, 2.75) is 43.8 Å². The van der Waals surface area contributed by atoms with E-state index in [9.17, 15) is 13.2 Å². The molecule has 8 heteroatoms. The van der Waals surface area contributed by atoms with E-state index in [4.69, 9.17) is 4.52 Å². The fraction of sp³-hybridized carbons (Fsp3) is 0.318. The molecule has 7 nitrogen and oxygen atoms in total. The molecular formula is C22H25N3O4S. The monoisotopic (exact) mass is 427 g/mol. The molecule has 2 aromatic carbocycles. The molecule has 0 saturated carbocycles.